The third-order valence-electron chi connectivity index (χ3n) is 1.93. The van der Waals surface area contributed by atoms with Gasteiger partial charge >= 0.3 is 0 Å². The summed E-state index contributed by atoms with van der Waals surface area (Å²) < 4.78 is 0. The largest absolute Gasteiger partial charge is 0.504 e. The number of phenols is 2. The molecule has 0 unspecified atom stereocenters. The number of phenolic OH excluding ortho intramolecular Hbond substituents is 2. The Labute approximate surface area is 77.3 Å². The molecule has 0 heterocycles. The molecular weight excluding hydrogens is 168 g/mol. The van der Waals surface area contributed by atoms with Crippen LogP contribution < -0.4 is 0 Å². The van der Waals surface area contributed by atoms with E-state index in [2.05, 4.69) is 0 Å². The molecule has 0 aliphatic heterocycles. The van der Waals surface area contributed by atoms with Crippen molar-refractivity contribution in [2.75, 3.05) is 0 Å². The maximum atomic E-state index is 9.38. The summed E-state index contributed by atoms with van der Waals surface area (Å²) in [4.78, 5) is 0. The van der Waals surface area contributed by atoms with E-state index in [0.717, 1.165) is 0 Å². The van der Waals surface area contributed by atoms with Crippen molar-refractivity contribution in [1.29, 1.82) is 0 Å². The molecule has 0 fully saturated rings. The lowest BCUT2D eigenvalue weighted by Crippen LogP contribution is -2.01. The van der Waals surface area contributed by atoms with Crippen LogP contribution in [0.4, 0.5) is 0 Å². The Bertz CT molecular complexity index is 281. The van der Waals surface area contributed by atoms with E-state index in [1.807, 2.05) is 0 Å². The molecule has 0 bridgehead atoms. The molecule has 0 spiro atoms. The summed E-state index contributed by atoms with van der Waals surface area (Å²) in [6, 6.07) is 4.84. The van der Waals surface area contributed by atoms with Gasteiger partial charge in [0.25, 0.3) is 0 Å². The van der Waals surface area contributed by atoms with Crippen LogP contribution in [0.25, 0.3) is 0 Å². The number of aliphatic hydroxyl groups is 1. The normalized spacial score (nSPS) is 12.8. The molecule has 0 amide bonds. The highest BCUT2D eigenvalue weighted by molar-refractivity contribution is 5.44. The van der Waals surface area contributed by atoms with E-state index in [1.54, 1.807) is 19.1 Å². The van der Waals surface area contributed by atoms with Gasteiger partial charge in [-0.05, 0) is 31.4 Å². The lowest BCUT2D eigenvalue weighted by molar-refractivity contribution is 0.184. The van der Waals surface area contributed by atoms with Crippen LogP contribution in [0.15, 0.2) is 18.2 Å². The molecule has 1 atom stereocenters. The first-order valence-corrected chi connectivity index (χ1v) is 4.29. The number of aliphatic hydroxyl groups excluding tert-OH is 1. The quantitative estimate of drug-likeness (QED) is 0.619. The highest BCUT2D eigenvalue weighted by atomic mass is 16.3. The minimum atomic E-state index is -0.387. The highest BCUT2D eigenvalue weighted by Crippen LogP contribution is 2.29. The van der Waals surface area contributed by atoms with Crippen molar-refractivity contribution in [2.45, 2.75) is 25.9 Å². The molecule has 3 heteroatoms. The van der Waals surface area contributed by atoms with E-state index in [-0.39, 0.29) is 17.6 Å². The first-order valence-electron chi connectivity index (χ1n) is 4.29. The van der Waals surface area contributed by atoms with Crippen LogP contribution in [-0.2, 0) is 6.42 Å². The van der Waals surface area contributed by atoms with Gasteiger partial charge < -0.3 is 15.3 Å². The van der Waals surface area contributed by atoms with Crippen molar-refractivity contribution in [3.05, 3.63) is 23.8 Å². The SMILES string of the molecule is C[C@@H](O)CCc1cccc(O)c1O. The molecule has 72 valence electrons. The van der Waals surface area contributed by atoms with Gasteiger partial charge in [-0.15, -0.1) is 0 Å². The zero-order valence-electron chi connectivity index (χ0n) is 7.57. The number of aromatic hydroxyl groups is 2. The molecule has 1 aromatic carbocycles. The Morgan fingerprint density at radius 1 is 1.31 bits per heavy atom. The Morgan fingerprint density at radius 2 is 2.00 bits per heavy atom. The van der Waals surface area contributed by atoms with E-state index in [9.17, 15) is 5.11 Å². The molecule has 0 saturated carbocycles. The summed E-state index contributed by atoms with van der Waals surface area (Å²) in [5, 5.41) is 27.6. The van der Waals surface area contributed by atoms with Gasteiger partial charge in [0.2, 0.25) is 0 Å². The first kappa shape index (κ1) is 9.86. The van der Waals surface area contributed by atoms with Crippen LogP contribution in [0.1, 0.15) is 18.9 Å². The molecule has 0 radical (unpaired) electrons. The molecule has 1 rings (SSSR count). The van der Waals surface area contributed by atoms with Crippen molar-refractivity contribution < 1.29 is 15.3 Å². The molecule has 0 aliphatic carbocycles. The van der Waals surface area contributed by atoms with Gasteiger partial charge in [-0.1, -0.05) is 12.1 Å². The number of rotatable bonds is 3. The number of hydrogen-bond donors (Lipinski definition) is 3. The predicted molar refractivity (Wildman–Crippen MR) is 49.8 cm³/mol. The van der Waals surface area contributed by atoms with Gasteiger partial charge in [-0.2, -0.15) is 0 Å². The standard InChI is InChI=1S/C10H14O3/c1-7(11)5-6-8-3-2-4-9(12)10(8)13/h2-4,7,11-13H,5-6H2,1H3/t7-/m1/s1. The Kier molecular flexibility index (Phi) is 3.14. The number of hydrogen-bond acceptors (Lipinski definition) is 3. The summed E-state index contributed by atoms with van der Waals surface area (Å²) in [7, 11) is 0. The smallest absolute Gasteiger partial charge is 0.160 e. The fourth-order valence-corrected chi connectivity index (χ4v) is 1.14. The topological polar surface area (TPSA) is 60.7 Å². The van der Waals surface area contributed by atoms with Gasteiger partial charge in [-0.25, -0.2) is 0 Å². The highest BCUT2D eigenvalue weighted by Gasteiger charge is 2.06. The lowest BCUT2D eigenvalue weighted by Gasteiger charge is -2.06. The summed E-state index contributed by atoms with van der Waals surface area (Å²) in [5.41, 5.74) is 0.668. The van der Waals surface area contributed by atoms with Crippen LogP contribution in [0, 0.1) is 0 Å². The molecule has 0 aliphatic rings. The van der Waals surface area contributed by atoms with E-state index in [1.165, 1.54) is 6.07 Å². The van der Waals surface area contributed by atoms with Crippen molar-refractivity contribution >= 4 is 0 Å². The Morgan fingerprint density at radius 3 is 2.62 bits per heavy atom. The zero-order chi connectivity index (χ0) is 9.84. The van der Waals surface area contributed by atoms with Crippen LogP contribution in [0.5, 0.6) is 11.5 Å². The summed E-state index contributed by atoms with van der Waals surface area (Å²) >= 11 is 0. The monoisotopic (exact) mass is 182 g/mol. The van der Waals surface area contributed by atoms with Crippen LogP contribution in [0.3, 0.4) is 0 Å². The number of benzene rings is 1. The fourth-order valence-electron chi connectivity index (χ4n) is 1.14. The lowest BCUT2D eigenvalue weighted by atomic mass is 10.1. The van der Waals surface area contributed by atoms with Crippen molar-refractivity contribution in [2.24, 2.45) is 0 Å². The van der Waals surface area contributed by atoms with Gasteiger partial charge in [0.05, 0.1) is 6.10 Å². The second kappa shape index (κ2) is 4.14. The van der Waals surface area contributed by atoms with Gasteiger partial charge in [0.15, 0.2) is 11.5 Å². The minimum absolute atomic E-state index is 0.0804. The van der Waals surface area contributed by atoms with Crippen molar-refractivity contribution in [3.8, 4) is 11.5 Å². The van der Waals surface area contributed by atoms with E-state index < -0.39 is 0 Å². The third kappa shape index (κ3) is 2.63. The van der Waals surface area contributed by atoms with Crippen LogP contribution >= 0.6 is 0 Å². The molecular formula is C10H14O3. The van der Waals surface area contributed by atoms with E-state index >= 15 is 0 Å². The third-order valence-corrected chi connectivity index (χ3v) is 1.93. The van der Waals surface area contributed by atoms with Crippen LogP contribution in [-0.4, -0.2) is 21.4 Å². The maximum absolute atomic E-state index is 9.38. The van der Waals surface area contributed by atoms with Gasteiger partial charge in [-0.3, -0.25) is 0 Å². The van der Waals surface area contributed by atoms with E-state index in [0.29, 0.717) is 18.4 Å². The minimum Gasteiger partial charge on any atom is -0.504 e. The zero-order valence-corrected chi connectivity index (χ0v) is 7.57. The molecule has 0 aromatic heterocycles. The van der Waals surface area contributed by atoms with Gasteiger partial charge in [0.1, 0.15) is 0 Å². The molecule has 3 nitrogen and oxygen atoms in total. The molecule has 0 saturated heterocycles. The van der Waals surface area contributed by atoms with Gasteiger partial charge in [0, 0.05) is 0 Å². The molecule has 1 aromatic rings. The average Bonchev–Trinajstić information content (AvgIpc) is 2.07. The summed E-state index contributed by atoms with van der Waals surface area (Å²) in [6.45, 7) is 1.69. The molecule has 3 N–H and O–H groups in total. The second-order valence-electron chi connectivity index (χ2n) is 3.17. The van der Waals surface area contributed by atoms with Crippen molar-refractivity contribution in [3.63, 3.8) is 0 Å². The second-order valence-corrected chi connectivity index (χ2v) is 3.17. The van der Waals surface area contributed by atoms with Crippen molar-refractivity contribution in [1.82, 2.24) is 0 Å². The van der Waals surface area contributed by atoms with Crippen LogP contribution in [0.2, 0.25) is 0 Å². The predicted octanol–water partition coefficient (Wildman–Crippen LogP) is 1.41. The summed E-state index contributed by atoms with van der Waals surface area (Å²) in [5.74, 6) is -0.189. The Hall–Kier alpha value is -1.22. The fraction of sp³-hybridized carbons (Fsp3) is 0.400. The summed E-state index contributed by atoms with van der Waals surface area (Å²) in [6.07, 6.45) is 0.760. The number of aryl methyl sites for hydroxylation is 1. The first-order chi connectivity index (χ1) is 6.11. The maximum Gasteiger partial charge on any atom is 0.160 e. The average molecular weight is 182 g/mol. The number of para-hydroxylation sites is 1. The van der Waals surface area contributed by atoms with E-state index in [4.69, 9.17) is 10.2 Å². The molecule has 13 heavy (non-hydrogen) atoms. The Balaban J connectivity index is 2.71.